The van der Waals surface area contributed by atoms with Crippen LogP contribution in [0.15, 0.2) is 29.8 Å². The van der Waals surface area contributed by atoms with Crippen molar-refractivity contribution >= 4 is 27.5 Å². The number of rotatable bonds is 0. The van der Waals surface area contributed by atoms with Crippen LogP contribution in [0.2, 0.25) is 0 Å². The number of halogens is 1. The molecule has 0 aliphatic rings. The van der Waals surface area contributed by atoms with Crippen LogP contribution in [0.3, 0.4) is 0 Å². The number of thiazole rings is 1. The van der Waals surface area contributed by atoms with Crippen LogP contribution in [-0.2, 0) is 0 Å². The van der Waals surface area contributed by atoms with Gasteiger partial charge in [-0.15, -0.1) is 4.57 Å². The van der Waals surface area contributed by atoms with E-state index < -0.39 is 0 Å². The molecule has 0 N–H and O–H groups in total. The molecule has 13 heavy (non-hydrogen) atoms. The number of nitrogens with zero attached hydrogens (tertiary/aromatic N) is 1. The Hall–Kier alpha value is -0.740. The first-order valence-corrected chi connectivity index (χ1v) is 4.56. The van der Waals surface area contributed by atoms with Gasteiger partial charge >= 0.3 is 5.91 Å². The zero-order chi connectivity index (χ0) is 8.55. The Labute approximate surface area is 90.6 Å². The number of para-hydroxylation sites is 1. The number of carbonyl (C=O) groups excluding carboxylic acids is 1. The monoisotopic (exact) mass is 257 g/mol. The SMILES string of the molecule is CC(=O)[n+]1csc2ccccc21.[Br-]. The van der Waals surface area contributed by atoms with Crippen molar-refractivity contribution in [1.82, 2.24) is 0 Å². The minimum absolute atomic E-state index is 0. The highest BCUT2D eigenvalue weighted by Crippen LogP contribution is 2.14. The molecule has 0 aliphatic carbocycles. The Morgan fingerprint density at radius 1 is 1.38 bits per heavy atom. The van der Waals surface area contributed by atoms with Crippen molar-refractivity contribution in [2.24, 2.45) is 0 Å². The largest absolute Gasteiger partial charge is 1.00 e. The van der Waals surface area contributed by atoms with Gasteiger partial charge in [0, 0.05) is 6.07 Å². The molecule has 0 saturated carbocycles. The summed E-state index contributed by atoms with van der Waals surface area (Å²) in [5, 5.41) is 0. The minimum Gasteiger partial charge on any atom is -1.00 e. The van der Waals surface area contributed by atoms with Gasteiger partial charge in [0.1, 0.15) is 4.70 Å². The predicted molar refractivity (Wildman–Crippen MR) is 48.3 cm³/mol. The van der Waals surface area contributed by atoms with Gasteiger partial charge in [0.05, 0.1) is 6.92 Å². The lowest BCUT2D eigenvalue weighted by molar-refractivity contribution is -0.539. The molecule has 0 bridgehead atoms. The van der Waals surface area contributed by atoms with Gasteiger partial charge < -0.3 is 17.0 Å². The summed E-state index contributed by atoms with van der Waals surface area (Å²) in [6, 6.07) is 7.88. The summed E-state index contributed by atoms with van der Waals surface area (Å²) in [7, 11) is 0. The molecular formula is C9H8BrNOS. The maximum Gasteiger partial charge on any atom is 0.390 e. The lowest BCUT2D eigenvalue weighted by atomic mass is 10.3. The highest BCUT2D eigenvalue weighted by Gasteiger charge is 2.14. The summed E-state index contributed by atoms with van der Waals surface area (Å²) in [6.45, 7) is 1.57. The smallest absolute Gasteiger partial charge is 0.390 e. The average Bonchev–Trinajstić information content (AvgIpc) is 2.47. The summed E-state index contributed by atoms with van der Waals surface area (Å²) < 4.78 is 2.81. The fourth-order valence-corrected chi connectivity index (χ4v) is 2.09. The van der Waals surface area contributed by atoms with Gasteiger partial charge in [-0.2, -0.15) is 0 Å². The zero-order valence-corrected chi connectivity index (χ0v) is 9.43. The number of aromatic nitrogens is 1. The molecule has 0 saturated heterocycles. The molecule has 4 heteroatoms. The van der Waals surface area contributed by atoms with E-state index in [0.29, 0.717) is 0 Å². The highest BCUT2D eigenvalue weighted by molar-refractivity contribution is 7.16. The standard InChI is InChI=1S/C9H8NOS.BrH/c1-7(11)10-6-12-9-5-3-2-4-8(9)10;/h2-6H,1H3;1H/q+1;/p-1. The second kappa shape index (κ2) is 3.98. The molecule has 0 spiro atoms. The molecule has 0 fully saturated rings. The number of hydrogen-bond donors (Lipinski definition) is 0. The molecule has 2 aromatic rings. The van der Waals surface area contributed by atoms with E-state index in [2.05, 4.69) is 0 Å². The Kier molecular flexibility index (Phi) is 3.17. The van der Waals surface area contributed by atoms with Crippen LogP contribution < -0.4 is 21.5 Å². The Morgan fingerprint density at radius 3 is 2.77 bits per heavy atom. The summed E-state index contributed by atoms with van der Waals surface area (Å²) >= 11 is 1.58. The molecule has 0 unspecified atom stereocenters. The van der Waals surface area contributed by atoms with Crippen LogP contribution in [0, 0.1) is 0 Å². The topological polar surface area (TPSA) is 20.9 Å². The van der Waals surface area contributed by atoms with Crippen LogP contribution >= 0.6 is 11.3 Å². The lowest BCUT2D eigenvalue weighted by Gasteiger charge is -1.84. The van der Waals surface area contributed by atoms with Crippen molar-refractivity contribution in [3.63, 3.8) is 0 Å². The number of hydrogen-bond acceptors (Lipinski definition) is 2. The second-order valence-electron chi connectivity index (χ2n) is 2.58. The van der Waals surface area contributed by atoms with Gasteiger partial charge in [-0.1, -0.05) is 23.5 Å². The predicted octanol–water partition coefficient (Wildman–Crippen LogP) is -1.15. The van der Waals surface area contributed by atoms with Crippen LogP contribution in [0.1, 0.15) is 11.7 Å². The fraction of sp³-hybridized carbons (Fsp3) is 0.111. The van der Waals surface area contributed by atoms with E-state index in [4.69, 9.17) is 0 Å². The maximum atomic E-state index is 11.1. The summed E-state index contributed by atoms with van der Waals surface area (Å²) in [5.74, 6) is 0.0625. The molecule has 0 atom stereocenters. The summed E-state index contributed by atoms with van der Waals surface area (Å²) in [4.78, 5) is 11.1. The molecule has 2 rings (SSSR count). The van der Waals surface area contributed by atoms with Crippen molar-refractivity contribution in [2.45, 2.75) is 6.92 Å². The van der Waals surface area contributed by atoms with E-state index in [-0.39, 0.29) is 22.9 Å². The average molecular weight is 258 g/mol. The van der Waals surface area contributed by atoms with E-state index in [1.54, 1.807) is 22.8 Å². The second-order valence-corrected chi connectivity index (χ2v) is 3.47. The highest BCUT2D eigenvalue weighted by atomic mass is 79.9. The molecule has 0 amide bonds. The van der Waals surface area contributed by atoms with E-state index in [1.807, 2.05) is 29.8 Å². The fourth-order valence-electron chi connectivity index (χ4n) is 1.17. The third-order valence-electron chi connectivity index (χ3n) is 1.75. The van der Waals surface area contributed by atoms with Crippen LogP contribution in [0.25, 0.3) is 10.2 Å². The molecule has 68 valence electrons. The Morgan fingerprint density at radius 2 is 2.08 bits per heavy atom. The molecule has 0 aliphatic heterocycles. The molecule has 2 nitrogen and oxygen atoms in total. The molecule has 1 heterocycles. The van der Waals surface area contributed by atoms with Gasteiger partial charge in [0.2, 0.25) is 11.0 Å². The first kappa shape index (κ1) is 10.3. The lowest BCUT2D eigenvalue weighted by Crippen LogP contribution is -3.00. The number of fused-ring (bicyclic) bond motifs is 1. The quantitative estimate of drug-likeness (QED) is 0.547. The van der Waals surface area contributed by atoms with Gasteiger partial charge in [-0.3, -0.25) is 0 Å². The zero-order valence-electron chi connectivity index (χ0n) is 7.03. The number of benzene rings is 1. The Balaban J connectivity index is 0.000000845. The molecule has 1 aromatic heterocycles. The van der Waals surface area contributed by atoms with Crippen molar-refractivity contribution in [1.29, 1.82) is 0 Å². The molecule has 1 aromatic carbocycles. The summed E-state index contributed by atoms with van der Waals surface area (Å²) in [5.41, 5.74) is 2.84. The van der Waals surface area contributed by atoms with Crippen LogP contribution in [-0.4, -0.2) is 5.91 Å². The van der Waals surface area contributed by atoms with E-state index >= 15 is 0 Å². The van der Waals surface area contributed by atoms with Gasteiger partial charge in [-0.25, -0.2) is 4.79 Å². The minimum atomic E-state index is 0. The van der Waals surface area contributed by atoms with Crippen LogP contribution in [0.4, 0.5) is 0 Å². The molecule has 0 radical (unpaired) electrons. The number of carbonyl (C=O) groups is 1. The van der Waals surface area contributed by atoms with E-state index in [9.17, 15) is 4.79 Å². The van der Waals surface area contributed by atoms with Gasteiger partial charge in [0.25, 0.3) is 0 Å². The summed E-state index contributed by atoms with van der Waals surface area (Å²) in [6.07, 6.45) is 0. The van der Waals surface area contributed by atoms with Crippen molar-refractivity contribution < 1.29 is 26.3 Å². The van der Waals surface area contributed by atoms with E-state index in [1.165, 1.54) is 0 Å². The first-order chi connectivity index (χ1) is 5.79. The normalized spacial score (nSPS) is 9.62. The maximum absolute atomic E-state index is 11.1. The van der Waals surface area contributed by atoms with Crippen molar-refractivity contribution in [3.8, 4) is 0 Å². The van der Waals surface area contributed by atoms with Crippen molar-refractivity contribution in [2.75, 3.05) is 0 Å². The van der Waals surface area contributed by atoms with E-state index in [0.717, 1.165) is 10.2 Å². The molecular weight excluding hydrogens is 250 g/mol. The van der Waals surface area contributed by atoms with Gasteiger partial charge in [-0.05, 0) is 6.07 Å². The van der Waals surface area contributed by atoms with Crippen molar-refractivity contribution in [3.05, 3.63) is 29.8 Å². The third-order valence-corrected chi connectivity index (χ3v) is 2.66. The first-order valence-electron chi connectivity index (χ1n) is 3.68. The Bertz CT molecular complexity index is 438. The van der Waals surface area contributed by atoms with Crippen LogP contribution in [0.5, 0.6) is 0 Å². The third kappa shape index (κ3) is 1.78. The van der Waals surface area contributed by atoms with Gasteiger partial charge in [0.15, 0.2) is 0 Å².